The molecule has 1 aromatic carbocycles. The largest absolute Gasteiger partial charge is 0.492 e. The third kappa shape index (κ3) is 3.72. The predicted molar refractivity (Wildman–Crippen MR) is 106 cm³/mol. The molecule has 0 unspecified atom stereocenters. The summed E-state index contributed by atoms with van der Waals surface area (Å²) in [6.07, 6.45) is 1.52. The standard InChI is InChI=1S/C20H23FN4O3S/c1-3-28-19(27)13-7-6-10-24(11-13)16(14-8-4-5-9-15(14)21)17-18(26)25-20(29-17)22-12(2)23-25/h4-5,8-9,13,16,26H,3,6-7,10-11H2,1-2H3/t13-,16-/m0/s1. The van der Waals surface area contributed by atoms with Crippen LogP contribution < -0.4 is 0 Å². The second-order valence-electron chi connectivity index (χ2n) is 7.15. The highest BCUT2D eigenvalue weighted by molar-refractivity contribution is 7.17. The summed E-state index contributed by atoms with van der Waals surface area (Å²) in [6, 6.07) is 6.00. The fourth-order valence-corrected chi connectivity index (χ4v) is 5.07. The Balaban J connectivity index is 1.76. The average Bonchev–Trinajstić information content (AvgIpc) is 3.21. The lowest BCUT2D eigenvalue weighted by Gasteiger charge is -2.37. The van der Waals surface area contributed by atoms with E-state index in [1.165, 1.54) is 21.9 Å². The highest BCUT2D eigenvalue weighted by Crippen LogP contribution is 2.42. The molecule has 9 heteroatoms. The molecule has 1 fully saturated rings. The number of aromatic nitrogens is 3. The number of esters is 1. The fraction of sp³-hybridized carbons (Fsp3) is 0.450. The van der Waals surface area contributed by atoms with E-state index in [2.05, 4.69) is 10.1 Å². The van der Waals surface area contributed by atoms with Gasteiger partial charge >= 0.3 is 5.97 Å². The van der Waals surface area contributed by atoms with Crippen LogP contribution in [0.15, 0.2) is 24.3 Å². The summed E-state index contributed by atoms with van der Waals surface area (Å²) in [7, 11) is 0. The molecule has 1 aliphatic rings. The molecule has 29 heavy (non-hydrogen) atoms. The zero-order valence-corrected chi connectivity index (χ0v) is 17.2. The van der Waals surface area contributed by atoms with Gasteiger partial charge in [-0.1, -0.05) is 29.5 Å². The Labute approximate surface area is 171 Å². The monoisotopic (exact) mass is 418 g/mol. The molecule has 2 atom stereocenters. The van der Waals surface area contributed by atoms with Gasteiger partial charge in [0.05, 0.1) is 23.4 Å². The van der Waals surface area contributed by atoms with Gasteiger partial charge in [0, 0.05) is 12.1 Å². The molecule has 0 amide bonds. The lowest BCUT2D eigenvalue weighted by molar-refractivity contribution is -0.150. The summed E-state index contributed by atoms with van der Waals surface area (Å²) in [4.78, 5) is 19.8. The molecule has 0 bridgehead atoms. The van der Waals surface area contributed by atoms with Gasteiger partial charge in [-0.25, -0.2) is 9.37 Å². The minimum Gasteiger partial charge on any atom is -0.492 e. The van der Waals surface area contributed by atoms with Crippen LogP contribution in [0.5, 0.6) is 5.88 Å². The Morgan fingerprint density at radius 3 is 2.97 bits per heavy atom. The number of carbonyl (C=O) groups is 1. The number of halogens is 1. The van der Waals surface area contributed by atoms with Gasteiger partial charge in [0.15, 0.2) is 0 Å². The predicted octanol–water partition coefficient (Wildman–Crippen LogP) is 3.31. The molecule has 2 aromatic heterocycles. The van der Waals surface area contributed by atoms with Crippen molar-refractivity contribution < 1.29 is 19.0 Å². The second kappa shape index (κ2) is 8.08. The molecule has 1 N–H and O–H groups in total. The Morgan fingerprint density at radius 1 is 1.45 bits per heavy atom. The van der Waals surface area contributed by atoms with Crippen LogP contribution in [0.25, 0.3) is 4.96 Å². The van der Waals surface area contributed by atoms with Crippen molar-refractivity contribution in [2.24, 2.45) is 5.92 Å². The maximum atomic E-state index is 14.8. The maximum absolute atomic E-state index is 14.8. The van der Waals surface area contributed by atoms with Crippen LogP contribution >= 0.6 is 11.3 Å². The quantitative estimate of drug-likeness (QED) is 0.641. The van der Waals surface area contributed by atoms with Gasteiger partial charge in [-0.15, -0.1) is 5.10 Å². The van der Waals surface area contributed by atoms with Crippen molar-refractivity contribution in [2.45, 2.75) is 32.7 Å². The maximum Gasteiger partial charge on any atom is 0.310 e. The first-order valence-electron chi connectivity index (χ1n) is 9.69. The number of thiazole rings is 1. The Morgan fingerprint density at radius 2 is 2.24 bits per heavy atom. The smallest absolute Gasteiger partial charge is 0.310 e. The third-order valence-electron chi connectivity index (χ3n) is 5.19. The van der Waals surface area contributed by atoms with Crippen molar-refractivity contribution in [2.75, 3.05) is 19.7 Å². The highest BCUT2D eigenvalue weighted by Gasteiger charge is 2.36. The van der Waals surface area contributed by atoms with Crippen LogP contribution in [0.3, 0.4) is 0 Å². The summed E-state index contributed by atoms with van der Waals surface area (Å²) >= 11 is 1.28. The van der Waals surface area contributed by atoms with E-state index in [4.69, 9.17) is 4.74 Å². The normalized spacial score (nSPS) is 18.8. The van der Waals surface area contributed by atoms with Gasteiger partial charge in [0.1, 0.15) is 11.6 Å². The molecule has 0 spiro atoms. The van der Waals surface area contributed by atoms with Gasteiger partial charge in [-0.05, 0) is 39.3 Å². The number of fused-ring (bicyclic) bond motifs is 1. The van der Waals surface area contributed by atoms with Crippen LogP contribution in [0.2, 0.25) is 0 Å². The Bertz CT molecular complexity index is 1030. The molecule has 0 saturated carbocycles. The number of piperidine rings is 1. The SMILES string of the molecule is CCOC(=O)[C@H]1CCCN([C@@H](c2ccccc2F)c2sc3nc(C)nn3c2O)C1. The second-order valence-corrected chi connectivity index (χ2v) is 8.16. The number of ether oxygens (including phenoxy) is 1. The number of benzene rings is 1. The van der Waals surface area contributed by atoms with Crippen LogP contribution in [-0.2, 0) is 9.53 Å². The molecule has 1 aliphatic heterocycles. The molecular weight excluding hydrogens is 395 g/mol. The van der Waals surface area contributed by atoms with E-state index < -0.39 is 6.04 Å². The summed E-state index contributed by atoms with van der Waals surface area (Å²) in [5.41, 5.74) is 0.452. The van der Waals surface area contributed by atoms with Crippen molar-refractivity contribution in [3.8, 4) is 5.88 Å². The van der Waals surface area contributed by atoms with E-state index in [0.717, 1.165) is 12.8 Å². The first-order valence-corrected chi connectivity index (χ1v) is 10.5. The number of rotatable bonds is 5. The number of hydrogen-bond donors (Lipinski definition) is 1. The van der Waals surface area contributed by atoms with E-state index in [-0.39, 0.29) is 23.6 Å². The molecule has 7 nitrogen and oxygen atoms in total. The molecule has 3 heterocycles. The molecule has 3 aromatic rings. The van der Waals surface area contributed by atoms with E-state index in [1.54, 1.807) is 32.0 Å². The minimum absolute atomic E-state index is 0.0443. The van der Waals surface area contributed by atoms with Crippen molar-refractivity contribution in [3.63, 3.8) is 0 Å². The van der Waals surface area contributed by atoms with E-state index >= 15 is 0 Å². The lowest BCUT2D eigenvalue weighted by Crippen LogP contribution is -2.41. The number of aryl methyl sites for hydroxylation is 1. The summed E-state index contributed by atoms with van der Waals surface area (Å²) in [5, 5.41) is 15.1. The van der Waals surface area contributed by atoms with Gasteiger partial charge in [-0.3, -0.25) is 9.69 Å². The summed E-state index contributed by atoms with van der Waals surface area (Å²) < 4.78 is 21.4. The third-order valence-corrected chi connectivity index (χ3v) is 6.26. The first-order chi connectivity index (χ1) is 14.0. The Kier molecular flexibility index (Phi) is 5.51. The van der Waals surface area contributed by atoms with E-state index in [0.29, 0.717) is 40.9 Å². The zero-order valence-electron chi connectivity index (χ0n) is 16.3. The zero-order chi connectivity index (χ0) is 20.5. The number of nitrogens with zero attached hydrogens (tertiary/aromatic N) is 4. The minimum atomic E-state index is -0.540. The fourth-order valence-electron chi connectivity index (χ4n) is 3.92. The number of likely N-dealkylation sites (tertiary alicyclic amines) is 1. The lowest BCUT2D eigenvalue weighted by atomic mass is 9.94. The van der Waals surface area contributed by atoms with E-state index in [1.807, 2.05) is 4.90 Å². The van der Waals surface area contributed by atoms with Crippen molar-refractivity contribution in [1.82, 2.24) is 19.5 Å². The van der Waals surface area contributed by atoms with Gasteiger partial charge in [0.2, 0.25) is 10.8 Å². The van der Waals surface area contributed by atoms with Crippen LogP contribution in [0.1, 0.15) is 42.1 Å². The molecule has 1 saturated heterocycles. The summed E-state index contributed by atoms with van der Waals surface area (Å²) in [6.45, 7) is 4.99. The van der Waals surface area contributed by atoms with Crippen LogP contribution in [-0.4, -0.2) is 50.3 Å². The molecule has 4 rings (SSSR count). The van der Waals surface area contributed by atoms with Crippen LogP contribution in [0, 0.1) is 18.7 Å². The number of hydrogen-bond acceptors (Lipinski definition) is 7. The highest BCUT2D eigenvalue weighted by atomic mass is 32.1. The van der Waals surface area contributed by atoms with Gasteiger partial charge in [0.25, 0.3) is 0 Å². The van der Waals surface area contributed by atoms with Crippen molar-refractivity contribution in [3.05, 3.63) is 46.3 Å². The van der Waals surface area contributed by atoms with Crippen LogP contribution in [0.4, 0.5) is 4.39 Å². The molecule has 154 valence electrons. The van der Waals surface area contributed by atoms with Gasteiger partial charge < -0.3 is 9.84 Å². The molecule has 0 radical (unpaired) electrons. The molecular formula is C20H23FN4O3S. The topological polar surface area (TPSA) is 80.0 Å². The number of aromatic hydroxyl groups is 1. The average molecular weight is 418 g/mol. The Hall–Kier alpha value is -2.52. The molecule has 0 aliphatic carbocycles. The summed E-state index contributed by atoms with van der Waals surface area (Å²) in [5.74, 6) is -0.347. The van der Waals surface area contributed by atoms with Crippen molar-refractivity contribution in [1.29, 1.82) is 0 Å². The first kappa shape index (κ1) is 19.8. The van der Waals surface area contributed by atoms with Crippen molar-refractivity contribution >= 4 is 22.3 Å². The number of carbonyl (C=O) groups excluding carboxylic acids is 1. The van der Waals surface area contributed by atoms with E-state index in [9.17, 15) is 14.3 Å². The van der Waals surface area contributed by atoms with Gasteiger partial charge in [-0.2, -0.15) is 4.52 Å².